The fourth-order valence-electron chi connectivity index (χ4n) is 5.94. The van der Waals surface area contributed by atoms with E-state index in [1.54, 1.807) is 12.1 Å². The third kappa shape index (κ3) is 8.31. The van der Waals surface area contributed by atoms with E-state index in [9.17, 15) is 13.2 Å². The summed E-state index contributed by atoms with van der Waals surface area (Å²) in [5, 5.41) is 0. The van der Waals surface area contributed by atoms with Crippen LogP contribution in [-0.4, -0.2) is 0 Å². The van der Waals surface area contributed by atoms with E-state index in [2.05, 4.69) is 0 Å². The van der Waals surface area contributed by atoms with Crippen LogP contribution >= 0.6 is 0 Å². The van der Waals surface area contributed by atoms with Crippen LogP contribution in [-0.2, 0) is 0 Å². The van der Waals surface area contributed by atoms with Gasteiger partial charge in [0.2, 0.25) is 0 Å². The molecule has 3 heteroatoms. The Morgan fingerprint density at radius 2 is 1.26 bits per heavy atom. The molecule has 0 nitrogen and oxygen atoms in total. The first-order valence-corrected chi connectivity index (χ1v) is 12.9. The second kappa shape index (κ2) is 13.3. The molecular formula is C28H41F3. The van der Waals surface area contributed by atoms with Crippen molar-refractivity contribution in [1.82, 2.24) is 0 Å². The third-order valence-corrected chi connectivity index (χ3v) is 8.03. The molecule has 0 aromatic heterocycles. The van der Waals surface area contributed by atoms with Gasteiger partial charge in [-0.15, -0.1) is 0 Å². The summed E-state index contributed by atoms with van der Waals surface area (Å²) in [5.41, 5.74) is 0.979. The van der Waals surface area contributed by atoms with Crippen LogP contribution < -0.4 is 0 Å². The van der Waals surface area contributed by atoms with Gasteiger partial charge in [-0.3, -0.25) is 0 Å². The number of benzene rings is 1. The van der Waals surface area contributed by atoms with Crippen LogP contribution in [0.15, 0.2) is 30.6 Å². The number of halogens is 3. The van der Waals surface area contributed by atoms with Crippen LogP contribution in [0.2, 0.25) is 0 Å². The molecule has 0 heterocycles. The lowest BCUT2D eigenvalue weighted by Crippen LogP contribution is -2.18. The Balaban J connectivity index is 1.24. The molecule has 2 saturated carbocycles. The van der Waals surface area contributed by atoms with E-state index in [1.807, 2.05) is 0 Å². The molecule has 31 heavy (non-hydrogen) atoms. The lowest BCUT2D eigenvalue weighted by Gasteiger charge is -2.32. The van der Waals surface area contributed by atoms with Crippen LogP contribution in [0.5, 0.6) is 0 Å². The van der Waals surface area contributed by atoms with Gasteiger partial charge in [0.1, 0.15) is 0 Å². The fraction of sp³-hybridized carbons (Fsp3) is 0.714. The van der Waals surface area contributed by atoms with Gasteiger partial charge in [-0.1, -0.05) is 76.4 Å². The van der Waals surface area contributed by atoms with Crippen molar-refractivity contribution in [2.24, 2.45) is 17.8 Å². The van der Waals surface area contributed by atoms with Crippen molar-refractivity contribution in [2.75, 3.05) is 0 Å². The van der Waals surface area contributed by atoms with E-state index in [0.717, 1.165) is 49.0 Å². The molecule has 3 rings (SSSR count). The first-order valence-electron chi connectivity index (χ1n) is 12.9. The molecule has 0 amide bonds. The zero-order chi connectivity index (χ0) is 21.9. The van der Waals surface area contributed by atoms with Gasteiger partial charge in [-0.05, 0) is 79.9 Å². The summed E-state index contributed by atoms with van der Waals surface area (Å²) in [5.74, 6) is 1.64. The van der Waals surface area contributed by atoms with Gasteiger partial charge in [0.15, 0.2) is 11.6 Å². The molecule has 0 atom stereocenters. The highest BCUT2D eigenvalue weighted by Gasteiger charge is 2.25. The second-order valence-electron chi connectivity index (χ2n) is 10.2. The maximum Gasteiger partial charge on any atom is 0.159 e. The van der Waals surface area contributed by atoms with Crippen molar-refractivity contribution in [3.05, 3.63) is 47.8 Å². The Hall–Kier alpha value is -1.25. The van der Waals surface area contributed by atoms with Crippen LogP contribution in [0.1, 0.15) is 114 Å². The summed E-state index contributed by atoms with van der Waals surface area (Å²) >= 11 is 0. The van der Waals surface area contributed by atoms with Gasteiger partial charge in [-0.25, -0.2) is 13.2 Å². The zero-order valence-electron chi connectivity index (χ0n) is 19.1. The molecule has 0 spiro atoms. The predicted molar refractivity (Wildman–Crippen MR) is 124 cm³/mol. The smallest absolute Gasteiger partial charge is 0.159 e. The van der Waals surface area contributed by atoms with Crippen LogP contribution in [0, 0.1) is 29.4 Å². The van der Waals surface area contributed by atoms with Crippen molar-refractivity contribution in [3.8, 4) is 0 Å². The van der Waals surface area contributed by atoms with E-state index in [1.165, 1.54) is 89.2 Å². The van der Waals surface area contributed by atoms with Crippen LogP contribution in [0.25, 0.3) is 0 Å². The van der Waals surface area contributed by atoms with E-state index in [4.69, 9.17) is 0 Å². The number of hydrogen-bond acceptors (Lipinski definition) is 0. The quantitative estimate of drug-likeness (QED) is 0.304. The molecule has 0 aliphatic heterocycles. The molecular weight excluding hydrogens is 393 g/mol. The highest BCUT2D eigenvalue weighted by molar-refractivity contribution is 5.22. The molecule has 2 aliphatic carbocycles. The Morgan fingerprint density at radius 3 is 1.87 bits per heavy atom. The minimum Gasteiger partial charge on any atom is -0.216 e. The Bertz CT molecular complexity index is 652. The lowest BCUT2D eigenvalue weighted by atomic mass is 9.74. The van der Waals surface area contributed by atoms with Gasteiger partial charge in [0.05, 0.1) is 6.33 Å². The van der Waals surface area contributed by atoms with Gasteiger partial charge >= 0.3 is 0 Å². The van der Waals surface area contributed by atoms with Gasteiger partial charge in [0, 0.05) is 0 Å². The minimum absolute atomic E-state index is 0.405. The van der Waals surface area contributed by atoms with E-state index >= 15 is 0 Å². The molecule has 2 aliphatic rings. The SMILES string of the molecule is F/C=C/CCCCCC[C@H]1CC[C@H](CC[C@H]2CC[C@H](c3ccc(F)c(F)c3)CC2)CC1. The predicted octanol–water partition coefficient (Wildman–Crippen LogP) is 9.65. The Labute approximate surface area is 187 Å². The standard InChI is InChI=1S/C28H41F3/c29-20-6-4-2-1-3-5-7-22-8-10-23(11-9-22)12-13-24-14-16-25(17-15-24)26-18-19-27(30)28(31)21-26/h6,18-25H,1-5,7-17H2/b20-6+/t22-,23-,24-,25-. The number of hydrogen-bond donors (Lipinski definition) is 0. The topological polar surface area (TPSA) is 0 Å². The maximum atomic E-state index is 13.5. The van der Waals surface area contributed by atoms with Crippen molar-refractivity contribution < 1.29 is 13.2 Å². The van der Waals surface area contributed by atoms with E-state index < -0.39 is 11.6 Å². The average Bonchev–Trinajstić information content (AvgIpc) is 2.80. The first kappa shape index (κ1) is 24.4. The second-order valence-corrected chi connectivity index (χ2v) is 10.2. The summed E-state index contributed by atoms with van der Waals surface area (Å²) in [4.78, 5) is 0. The molecule has 1 aromatic rings. The van der Waals surface area contributed by atoms with Crippen LogP contribution in [0.3, 0.4) is 0 Å². The first-order chi connectivity index (χ1) is 15.2. The zero-order valence-corrected chi connectivity index (χ0v) is 19.1. The third-order valence-electron chi connectivity index (χ3n) is 8.03. The van der Waals surface area contributed by atoms with Gasteiger partial charge < -0.3 is 0 Å². The van der Waals surface area contributed by atoms with Gasteiger partial charge in [0.25, 0.3) is 0 Å². The summed E-state index contributed by atoms with van der Waals surface area (Å²) in [7, 11) is 0. The summed E-state index contributed by atoms with van der Waals surface area (Å²) in [6.45, 7) is 0. The summed E-state index contributed by atoms with van der Waals surface area (Å²) in [6.07, 6.45) is 22.7. The number of rotatable bonds is 11. The van der Waals surface area contributed by atoms with Crippen molar-refractivity contribution in [3.63, 3.8) is 0 Å². The molecule has 0 radical (unpaired) electrons. The van der Waals surface area contributed by atoms with Crippen molar-refractivity contribution in [2.45, 2.75) is 109 Å². The molecule has 0 N–H and O–H groups in total. The normalized spacial score (nSPS) is 27.1. The molecule has 174 valence electrons. The van der Waals surface area contributed by atoms with E-state index in [-0.39, 0.29) is 0 Å². The fourth-order valence-corrected chi connectivity index (χ4v) is 5.94. The Kier molecular flexibility index (Phi) is 10.5. The molecule has 0 bridgehead atoms. The lowest BCUT2D eigenvalue weighted by molar-refractivity contribution is 0.222. The van der Waals surface area contributed by atoms with Crippen molar-refractivity contribution in [1.29, 1.82) is 0 Å². The maximum absolute atomic E-state index is 13.5. The summed E-state index contributed by atoms with van der Waals surface area (Å²) in [6, 6.07) is 4.45. The highest BCUT2D eigenvalue weighted by atomic mass is 19.2. The highest BCUT2D eigenvalue weighted by Crippen LogP contribution is 2.40. The monoisotopic (exact) mass is 434 g/mol. The number of unbranched alkanes of at least 4 members (excludes halogenated alkanes) is 4. The minimum atomic E-state index is -0.741. The molecule has 2 fully saturated rings. The van der Waals surface area contributed by atoms with Crippen LogP contribution in [0.4, 0.5) is 13.2 Å². The molecule has 0 unspecified atom stereocenters. The summed E-state index contributed by atoms with van der Waals surface area (Å²) < 4.78 is 38.6. The molecule has 1 aromatic carbocycles. The number of allylic oxidation sites excluding steroid dienone is 1. The molecule has 0 saturated heterocycles. The van der Waals surface area contributed by atoms with E-state index in [0.29, 0.717) is 12.2 Å². The van der Waals surface area contributed by atoms with Crippen molar-refractivity contribution >= 4 is 0 Å². The van der Waals surface area contributed by atoms with Gasteiger partial charge in [-0.2, -0.15) is 0 Å². The largest absolute Gasteiger partial charge is 0.216 e. The average molecular weight is 435 g/mol. The Morgan fingerprint density at radius 1 is 0.677 bits per heavy atom.